The Labute approximate surface area is 102 Å². The van der Waals surface area contributed by atoms with Crippen molar-refractivity contribution in [2.75, 3.05) is 0 Å². The van der Waals surface area contributed by atoms with Crippen LogP contribution in [0.2, 0.25) is 0 Å². The summed E-state index contributed by atoms with van der Waals surface area (Å²) in [7, 11) is 0. The molecular weight excluding hydrogens is 272 g/mol. The quantitative estimate of drug-likeness (QED) is 0.939. The maximum absolute atomic E-state index is 10.0. The molecule has 86 valence electrons. The number of aryl methyl sites for hydroxylation is 1. The Kier molecular flexibility index (Phi) is 3.46. The highest BCUT2D eigenvalue weighted by molar-refractivity contribution is 9.10. The molecule has 0 spiro atoms. The zero-order chi connectivity index (χ0) is 11.5. The van der Waals surface area contributed by atoms with Crippen LogP contribution in [0, 0.1) is 0 Å². The van der Waals surface area contributed by atoms with Crippen molar-refractivity contribution in [1.82, 2.24) is 9.78 Å². The number of hydrogen-bond donors (Lipinski definition) is 1. The Balaban J connectivity index is 2.17. The molecule has 1 N–H and O–H groups in total. The van der Waals surface area contributed by atoms with Crippen molar-refractivity contribution in [2.45, 2.75) is 26.0 Å². The predicted octanol–water partition coefficient (Wildman–Crippen LogP) is 2.73. The van der Waals surface area contributed by atoms with Crippen molar-refractivity contribution >= 4 is 15.9 Å². The summed E-state index contributed by atoms with van der Waals surface area (Å²) in [6.07, 6.45) is 3.77. The molecular formula is C11H13BrN2O2. The number of rotatable bonds is 4. The molecule has 0 fully saturated rings. The van der Waals surface area contributed by atoms with E-state index in [0.717, 1.165) is 18.5 Å². The highest BCUT2D eigenvalue weighted by atomic mass is 79.9. The lowest BCUT2D eigenvalue weighted by Crippen LogP contribution is -1.98. The second-order valence-electron chi connectivity index (χ2n) is 3.58. The topological polar surface area (TPSA) is 51.2 Å². The van der Waals surface area contributed by atoms with E-state index in [2.05, 4.69) is 28.0 Å². The Morgan fingerprint density at radius 2 is 2.38 bits per heavy atom. The molecule has 4 nitrogen and oxygen atoms in total. The molecule has 0 saturated carbocycles. The van der Waals surface area contributed by atoms with Crippen LogP contribution in [0.15, 0.2) is 33.6 Å². The van der Waals surface area contributed by atoms with Crippen LogP contribution in [0.4, 0.5) is 0 Å². The summed E-state index contributed by atoms with van der Waals surface area (Å²) in [5.41, 5.74) is 0.746. The van der Waals surface area contributed by atoms with Crippen LogP contribution in [0.3, 0.4) is 0 Å². The van der Waals surface area contributed by atoms with E-state index in [1.807, 2.05) is 10.9 Å². The standard InChI is InChI=1S/C11H13BrN2O2/c1-2-5-14-7-8(6-13-14)11(15)9-3-4-10(12)16-9/h3-4,6-7,11,15H,2,5H2,1H3. The lowest BCUT2D eigenvalue weighted by atomic mass is 10.1. The molecule has 0 aromatic carbocycles. The van der Waals surface area contributed by atoms with Crippen molar-refractivity contribution in [2.24, 2.45) is 0 Å². The van der Waals surface area contributed by atoms with Crippen LogP contribution in [0.5, 0.6) is 0 Å². The Morgan fingerprint density at radius 3 is 3.00 bits per heavy atom. The normalized spacial score (nSPS) is 12.9. The molecule has 2 aromatic heterocycles. The second-order valence-corrected chi connectivity index (χ2v) is 4.36. The van der Waals surface area contributed by atoms with Gasteiger partial charge >= 0.3 is 0 Å². The van der Waals surface area contributed by atoms with Crippen molar-refractivity contribution in [3.8, 4) is 0 Å². The summed E-state index contributed by atoms with van der Waals surface area (Å²) >= 11 is 3.20. The number of hydrogen-bond acceptors (Lipinski definition) is 3. The molecule has 2 rings (SSSR count). The maximum Gasteiger partial charge on any atom is 0.169 e. The van der Waals surface area contributed by atoms with Crippen molar-refractivity contribution in [1.29, 1.82) is 0 Å². The summed E-state index contributed by atoms with van der Waals surface area (Å²) in [4.78, 5) is 0. The fourth-order valence-corrected chi connectivity index (χ4v) is 1.83. The van der Waals surface area contributed by atoms with Crippen LogP contribution in [-0.4, -0.2) is 14.9 Å². The van der Waals surface area contributed by atoms with Gasteiger partial charge in [0.1, 0.15) is 11.9 Å². The number of halogens is 1. The van der Waals surface area contributed by atoms with E-state index in [4.69, 9.17) is 4.42 Å². The van der Waals surface area contributed by atoms with Crippen LogP contribution in [0.25, 0.3) is 0 Å². The largest absolute Gasteiger partial charge is 0.451 e. The Hall–Kier alpha value is -1.07. The molecule has 2 aromatic rings. The van der Waals surface area contributed by atoms with E-state index >= 15 is 0 Å². The van der Waals surface area contributed by atoms with E-state index in [-0.39, 0.29) is 0 Å². The monoisotopic (exact) mass is 284 g/mol. The van der Waals surface area contributed by atoms with Crippen LogP contribution < -0.4 is 0 Å². The molecule has 0 amide bonds. The summed E-state index contributed by atoms with van der Waals surface area (Å²) in [5, 5.41) is 14.2. The molecule has 0 saturated heterocycles. The minimum absolute atomic E-state index is 0.517. The number of aliphatic hydroxyl groups is 1. The lowest BCUT2D eigenvalue weighted by molar-refractivity contribution is 0.187. The van der Waals surface area contributed by atoms with E-state index in [9.17, 15) is 5.11 Å². The summed E-state index contributed by atoms with van der Waals surface area (Å²) in [6, 6.07) is 3.50. The summed E-state index contributed by atoms with van der Waals surface area (Å²) in [5.74, 6) is 0.517. The number of aliphatic hydroxyl groups excluding tert-OH is 1. The number of furan rings is 1. The van der Waals surface area contributed by atoms with E-state index in [1.165, 1.54) is 0 Å². The first-order valence-corrected chi connectivity index (χ1v) is 5.95. The molecule has 0 radical (unpaired) electrons. The van der Waals surface area contributed by atoms with Crippen molar-refractivity contribution < 1.29 is 9.52 Å². The average molecular weight is 285 g/mol. The molecule has 2 heterocycles. The van der Waals surface area contributed by atoms with Crippen LogP contribution in [0.1, 0.15) is 30.8 Å². The van der Waals surface area contributed by atoms with Gasteiger partial charge in [0.15, 0.2) is 4.67 Å². The fourth-order valence-electron chi connectivity index (χ4n) is 1.51. The van der Waals surface area contributed by atoms with Gasteiger partial charge in [-0.15, -0.1) is 0 Å². The molecule has 0 aliphatic carbocycles. The smallest absolute Gasteiger partial charge is 0.169 e. The van der Waals surface area contributed by atoms with Gasteiger partial charge in [0.2, 0.25) is 0 Å². The minimum atomic E-state index is -0.753. The van der Waals surface area contributed by atoms with Gasteiger partial charge in [0, 0.05) is 18.3 Å². The van der Waals surface area contributed by atoms with E-state index in [1.54, 1.807) is 18.3 Å². The molecule has 16 heavy (non-hydrogen) atoms. The number of aromatic nitrogens is 2. The molecule has 0 aliphatic rings. The van der Waals surface area contributed by atoms with E-state index in [0.29, 0.717) is 10.4 Å². The van der Waals surface area contributed by atoms with Gasteiger partial charge in [-0.2, -0.15) is 5.10 Å². The highest BCUT2D eigenvalue weighted by Gasteiger charge is 2.16. The first kappa shape index (κ1) is 11.4. The molecule has 1 atom stereocenters. The van der Waals surface area contributed by atoms with Gasteiger partial charge in [-0.05, 0) is 34.5 Å². The Bertz CT molecular complexity index is 464. The minimum Gasteiger partial charge on any atom is -0.451 e. The molecule has 0 aliphatic heterocycles. The Morgan fingerprint density at radius 1 is 1.56 bits per heavy atom. The first-order chi connectivity index (χ1) is 7.70. The third-order valence-electron chi connectivity index (χ3n) is 2.29. The number of nitrogens with zero attached hydrogens (tertiary/aromatic N) is 2. The van der Waals surface area contributed by atoms with Crippen LogP contribution >= 0.6 is 15.9 Å². The highest BCUT2D eigenvalue weighted by Crippen LogP contribution is 2.25. The van der Waals surface area contributed by atoms with Gasteiger partial charge in [0.25, 0.3) is 0 Å². The first-order valence-electron chi connectivity index (χ1n) is 5.16. The summed E-state index contributed by atoms with van der Waals surface area (Å²) < 4.78 is 7.73. The average Bonchev–Trinajstić information content (AvgIpc) is 2.87. The van der Waals surface area contributed by atoms with Gasteiger partial charge < -0.3 is 9.52 Å². The second kappa shape index (κ2) is 4.84. The van der Waals surface area contributed by atoms with Crippen molar-refractivity contribution in [3.63, 3.8) is 0 Å². The zero-order valence-electron chi connectivity index (χ0n) is 8.93. The van der Waals surface area contributed by atoms with Gasteiger partial charge in [0.05, 0.1) is 6.20 Å². The maximum atomic E-state index is 10.0. The molecule has 0 bridgehead atoms. The fraction of sp³-hybridized carbons (Fsp3) is 0.364. The van der Waals surface area contributed by atoms with Crippen LogP contribution in [-0.2, 0) is 6.54 Å². The van der Waals surface area contributed by atoms with Crippen molar-refractivity contribution in [3.05, 3.63) is 40.5 Å². The van der Waals surface area contributed by atoms with E-state index < -0.39 is 6.10 Å². The molecule has 5 heteroatoms. The summed E-state index contributed by atoms with van der Waals surface area (Å²) in [6.45, 7) is 2.94. The predicted molar refractivity (Wildman–Crippen MR) is 63.0 cm³/mol. The zero-order valence-corrected chi connectivity index (χ0v) is 10.5. The third kappa shape index (κ3) is 2.36. The van der Waals surface area contributed by atoms with Gasteiger partial charge in [-0.3, -0.25) is 4.68 Å². The van der Waals surface area contributed by atoms with Gasteiger partial charge in [-0.25, -0.2) is 0 Å². The SMILES string of the molecule is CCCn1cc(C(O)c2ccc(Br)o2)cn1. The van der Waals surface area contributed by atoms with Gasteiger partial charge in [-0.1, -0.05) is 6.92 Å². The molecule has 1 unspecified atom stereocenters. The third-order valence-corrected chi connectivity index (χ3v) is 2.71. The lowest BCUT2D eigenvalue weighted by Gasteiger charge is -2.03.